The van der Waals surface area contributed by atoms with Crippen LogP contribution in [0.3, 0.4) is 0 Å². The zero-order valence-electron chi connectivity index (χ0n) is 8.29. The summed E-state index contributed by atoms with van der Waals surface area (Å²) < 4.78 is 1.83. The first kappa shape index (κ1) is 9.06. The van der Waals surface area contributed by atoms with E-state index in [1.165, 1.54) is 0 Å². The van der Waals surface area contributed by atoms with Crippen LogP contribution in [0.5, 0.6) is 0 Å². The smallest absolute Gasteiger partial charge is 0.306 e. The SMILES string of the molecule is C=C/C=c1\c(=C/C)[nH]c(=O)n1C1CC1. The molecule has 0 radical (unpaired) electrons. The van der Waals surface area contributed by atoms with Gasteiger partial charge in [0.2, 0.25) is 0 Å². The zero-order chi connectivity index (χ0) is 10.1. The van der Waals surface area contributed by atoms with Crippen LogP contribution < -0.4 is 16.4 Å². The van der Waals surface area contributed by atoms with Crippen molar-refractivity contribution in [2.75, 3.05) is 0 Å². The molecule has 1 aromatic heterocycles. The van der Waals surface area contributed by atoms with Crippen molar-refractivity contribution in [1.29, 1.82) is 0 Å². The molecule has 3 heteroatoms. The Labute approximate surface area is 82.1 Å². The Bertz CT molecular complexity index is 514. The molecule has 0 aliphatic heterocycles. The Hall–Kier alpha value is -1.51. The minimum atomic E-state index is -0.00583. The summed E-state index contributed by atoms with van der Waals surface area (Å²) in [5.74, 6) is 0. The summed E-state index contributed by atoms with van der Waals surface area (Å²) in [6.07, 6.45) is 7.73. The topological polar surface area (TPSA) is 37.8 Å². The molecule has 1 N–H and O–H groups in total. The van der Waals surface area contributed by atoms with E-state index < -0.39 is 0 Å². The average molecular weight is 190 g/mol. The van der Waals surface area contributed by atoms with Gasteiger partial charge in [-0.15, -0.1) is 0 Å². The van der Waals surface area contributed by atoms with Crippen LogP contribution in [0.2, 0.25) is 0 Å². The van der Waals surface area contributed by atoms with Gasteiger partial charge >= 0.3 is 5.69 Å². The predicted octanol–water partition coefficient (Wildman–Crippen LogP) is 0.278. The van der Waals surface area contributed by atoms with Crippen LogP contribution in [0.4, 0.5) is 0 Å². The minimum absolute atomic E-state index is 0.00583. The Kier molecular flexibility index (Phi) is 2.15. The minimum Gasteiger partial charge on any atom is -0.306 e. The van der Waals surface area contributed by atoms with Gasteiger partial charge in [0, 0.05) is 6.04 Å². The summed E-state index contributed by atoms with van der Waals surface area (Å²) in [5.41, 5.74) is -0.00583. The normalized spacial score (nSPS) is 18.9. The van der Waals surface area contributed by atoms with Crippen LogP contribution >= 0.6 is 0 Å². The summed E-state index contributed by atoms with van der Waals surface area (Å²) >= 11 is 0. The molecule has 0 spiro atoms. The largest absolute Gasteiger partial charge is 0.326 e. The predicted molar refractivity (Wildman–Crippen MR) is 57.4 cm³/mol. The lowest BCUT2D eigenvalue weighted by Crippen LogP contribution is -2.31. The molecule has 1 fully saturated rings. The van der Waals surface area contributed by atoms with Gasteiger partial charge in [0.25, 0.3) is 0 Å². The first-order chi connectivity index (χ1) is 6.77. The highest BCUT2D eigenvalue weighted by molar-refractivity contribution is 5.34. The van der Waals surface area contributed by atoms with Gasteiger partial charge in [-0.25, -0.2) is 4.79 Å². The molecule has 0 saturated heterocycles. The molecule has 0 aromatic carbocycles. The molecule has 14 heavy (non-hydrogen) atoms. The third-order valence-electron chi connectivity index (χ3n) is 2.47. The monoisotopic (exact) mass is 190 g/mol. The summed E-state index contributed by atoms with van der Waals surface area (Å²) in [6.45, 7) is 5.58. The molecule has 3 nitrogen and oxygen atoms in total. The number of imidazole rings is 1. The molecule has 0 bridgehead atoms. The third-order valence-corrected chi connectivity index (χ3v) is 2.47. The van der Waals surface area contributed by atoms with Gasteiger partial charge in [0.1, 0.15) is 0 Å². The van der Waals surface area contributed by atoms with Crippen molar-refractivity contribution in [3.63, 3.8) is 0 Å². The highest BCUT2D eigenvalue weighted by atomic mass is 16.1. The third kappa shape index (κ3) is 1.35. The Morgan fingerprint density at radius 1 is 1.57 bits per heavy atom. The van der Waals surface area contributed by atoms with E-state index >= 15 is 0 Å². The van der Waals surface area contributed by atoms with Gasteiger partial charge < -0.3 is 4.98 Å². The first-order valence-electron chi connectivity index (χ1n) is 4.87. The fourth-order valence-corrected chi connectivity index (χ4v) is 1.68. The maximum atomic E-state index is 11.6. The van der Waals surface area contributed by atoms with E-state index in [9.17, 15) is 4.79 Å². The lowest BCUT2D eigenvalue weighted by Gasteiger charge is -1.95. The van der Waals surface area contributed by atoms with E-state index in [0.29, 0.717) is 6.04 Å². The van der Waals surface area contributed by atoms with Gasteiger partial charge in [-0.2, -0.15) is 0 Å². The molecule has 0 amide bonds. The average Bonchev–Trinajstić information content (AvgIpc) is 2.94. The van der Waals surface area contributed by atoms with Crippen molar-refractivity contribution in [2.24, 2.45) is 0 Å². The van der Waals surface area contributed by atoms with E-state index in [1.54, 1.807) is 6.08 Å². The van der Waals surface area contributed by atoms with Crippen molar-refractivity contribution >= 4 is 12.2 Å². The summed E-state index contributed by atoms with van der Waals surface area (Å²) in [5, 5.41) is 1.84. The number of allylic oxidation sites excluding steroid dienone is 1. The van der Waals surface area contributed by atoms with E-state index in [4.69, 9.17) is 0 Å². The summed E-state index contributed by atoms with van der Waals surface area (Å²) in [6, 6.07) is 0.402. The molecule has 0 atom stereocenters. The van der Waals surface area contributed by atoms with Crippen molar-refractivity contribution < 1.29 is 0 Å². The second-order valence-corrected chi connectivity index (χ2v) is 3.52. The van der Waals surface area contributed by atoms with Gasteiger partial charge in [-0.1, -0.05) is 18.7 Å². The van der Waals surface area contributed by atoms with E-state index in [-0.39, 0.29) is 5.69 Å². The Balaban J connectivity index is 2.80. The lowest BCUT2D eigenvalue weighted by molar-refractivity contribution is 0.690. The molecular formula is C11H14N2O. The highest BCUT2D eigenvalue weighted by Gasteiger charge is 2.25. The number of H-pyrrole nitrogens is 1. The van der Waals surface area contributed by atoms with Gasteiger partial charge in [0.05, 0.1) is 10.7 Å². The van der Waals surface area contributed by atoms with Crippen LogP contribution in [0.1, 0.15) is 25.8 Å². The number of nitrogens with one attached hydrogen (secondary N) is 1. The quantitative estimate of drug-likeness (QED) is 0.714. The van der Waals surface area contributed by atoms with Gasteiger partial charge in [0.15, 0.2) is 0 Å². The van der Waals surface area contributed by atoms with E-state index in [0.717, 1.165) is 23.5 Å². The van der Waals surface area contributed by atoms with Crippen molar-refractivity contribution in [2.45, 2.75) is 25.8 Å². The molecule has 1 aliphatic carbocycles. The van der Waals surface area contributed by atoms with Crippen molar-refractivity contribution in [3.05, 3.63) is 33.8 Å². The fraction of sp³-hybridized carbons (Fsp3) is 0.364. The molecule has 74 valence electrons. The number of aromatic nitrogens is 2. The maximum Gasteiger partial charge on any atom is 0.326 e. The van der Waals surface area contributed by atoms with E-state index in [1.807, 2.05) is 23.6 Å². The Morgan fingerprint density at radius 3 is 2.79 bits per heavy atom. The van der Waals surface area contributed by atoms with E-state index in [2.05, 4.69) is 11.6 Å². The Morgan fingerprint density at radius 2 is 2.29 bits per heavy atom. The number of hydrogen-bond acceptors (Lipinski definition) is 1. The van der Waals surface area contributed by atoms with Crippen LogP contribution in [0, 0.1) is 0 Å². The van der Waals surface area contributed by atoms with Crippen LogP contribution in [-0.2, 0) is 0 Å². The van der Waals surface area contributed by atoms with Gasteiger partial charge in [-0.05, 0) is 25.8 Å². The molecule has 1 aromatic rings. The maximum absolute atomic E-state index is 11.6. The van der Waals surface area contributed by atoms with Gasteiger partial charge in [-0.3, -0.25) is 4.57 Å². The zero-order valence-corrected chi connectivity index (χ0v) is 8.29. The summed E-state index contributed by atoms with van der Waals surface area (Å²) in [4.78, 5) is 14.5. The second-order valence-electron chi connectivity index (χ2n) is 3.52. The molecule has 1 saturated carbocycles. The molecule has 1 heterocycles. The van der Waals surface area contributed by atoms with Crippen LogP contribution in [0.25, 0.3) is 12.2 Å². The molecular weight excluding hydrogens is 176 g/mol. The van der Waals surface area contributed by atoms with Crippen LogP contribution in [-0.4, -0.2) is 9.55 Å². The number of nitrogens with zero attached hydrogens (tertiary/aromatic N) is 1. The second kappa shape index (κ2) is 3.33. The lowest BCUT2D eigenvalue weighted by atomic mass is 10.4. The van der Waals surface area contributed by atoms with Crippen molar-refractivity contribution in [1.82, 2.24) is 9.55 Å². The molecule has 2 rings (SSSR count). The van der Waals surface area contributed by atoms with Crippen LogP contribution in [0.15, 0.2) is 17.4 Å². The molecule has 1 aliphatic rings. The van der Waals surface area contributed by atoms with Crippen molar-refractivity contribution in [3.8, 4) is 0 Å². The number of hydrogen-bond donors (Lipinski definition) is 1. The first-order valence-corrected chi connectivity index (χ1v) is 4.87. The summed E-state index contributed by atoms with van der Waals surface area (Å²) in [7, 11) is 0. The highest BCUT2D eigenvalue weighted by Crippen LogP contribution is 2.31. The standard InChI is InChI=1S/C11H14N2O/c1-3-5-10-9(4-2)12-11(14)13(10)8-6-7-8/h3-5,8H,1,6-7H2,2H3,(H,12,14)/b9-4+,10-5+. The number of aromatic amines is 1. The molecule has 0 unspecified atom stereocenters. The fourth-order valence-electron chi connectivity index (χ4n) is 1.68. The number of rotatable bonds is 2.